The van der Waals surface area contributed by atoms with Gasteiger partial charge in [0.05, 0.1) is 59.9 Å². The minimum absolute atomic E-state index is 0.726. The van der Waals surface area contributed by atoms with Gasteiger partial charge in [0.15, 0.2) is 0 Å². The lowest BCUT2D eigenvalue weighted by Gasteiger charge is -2.74. The fraction of sp³-hybridized carbons (Fsp3) is 1.00. The Hall–Kier alpha value is 1.06. The van der Waals surface area contributed by atoms with Gasteiger partial charge in [0.25, 0.3) is 0 Å². The molecule has 0 spiro atoms. The van der Waals surface area contributed by atoms with Gasteiger partial charge in [-0.05, 0) is 0 Å². The number of aliphatic hydroxyl groups is 6. The van der Waals surface area contributed by atoms with Crippen LogP contribution in [-0.2, 0) is 0 Å². The second-order valence-electron chi connectivity index (χ2n) is 17.4. The molecule has 0 bridgehead atoms. The highest BCUT2D eigenvalue weighted by molar-refractivity contribution is 7.02. The van der Waals surface area contributed by atoms with Gasteiger partial charge in [-0.25, -0.2) is 0 Å². The molecular formula is C24H62O6Si6. The van der Waals surface area contributed by atoms with E-state index >= 15 is 0 Å². The first-order valence-electron chi connectivity index (χ1n) is 13.3. The first kappa shape index (κ1) is 37.1. The third-order valence-corrected chi connectivity index (χ3v) is 31.6. The average Bonchev–Trinajstić information content (AvgIpc) is 2.58. The zero-order valence-corrected chi connectivity index (χ0v) is 32.9. The largest absolute Gasteiger partial charge is 0.394 e. The first-order valence-corrected chi connectivity index (χ1v) is 34.3. The average molecular weight is 615 g/mol. The maximum atomic E-state index is 13.6. The van der Waals surface area contributed by atoms with E-state index in [-0.39, 0.29) is 0 Å². The molecule has 6 nitrogen and oxygen atoms in total. The monoisotopic (exact) mass is 614 g/mol. The van der Waals surface area contributed by atoms with Crippen LogP contribution in [0.5, 0.6) is 0 Å². The molecule has 0 unspecified atom stereocenters. The molecule has 0 rings (SSSR count). The van der Waals surface area contributed by atoms with E-state index in [1.165, 1.54) is 0 Å². The third kappa shape index (κ3) is 4.60. The molecule has 4 atom stereocenters. The maximum absolute atomic E-state index is 13.6. The summed E-state index contributed by atoms with van der Waals surface area (Å²) in [5.41, 5.74) is 0. The molecule has 0 aliphatic heterocycles. The van der Waals surface area contributed by atoms with E-state index in [9.17, 15) is 30.6 Å². The van der Waals surface area contributed by atoms with Gasteiger partial charge in [-0.1, -0.05) is 118 Å². The molecule has 0 fully saturated rings. The smallest absolute Gasteiger partial charge is 0.109 e. The van der Waals surface area contributed by atoms with Crippen molar-refractivity contribution in [2.45, 2.75) is 144 Å². The Labute approximate surface area is 228 Å². The second-order valence-corrected chi connectivity index (χ2v) is 49.3. The van der Waals surface area contributed by atoms with Gasteiger partial charge < -0.3 is 30.6 Å². The SMILES string of the molecule is C[Si](C)(C)C(O)([C@@](O)([C@@](O)([C@@](O)([C@@](O)(CO)[Si](C)(C)C)[Si](C)(C)C)[Si](C)(C)C)[Si](C)(C)C)[Si](C)(C)C. The Kier molecular flexibility index (Phi) is 9.85. The predicted molar refractivity (Wildman–Crippen MR) is 172 cm³/mol. The molecule has 0 aromatic rings. The Morgan fingerprint density at radius 2 is 0.611 bits per heavy atom. The molecule has 0 saturated heterocycles. The van der Waals surface area contributed by atoms with Crippen LogP contribution in [0.25, 0.3) is 0 Å². The van der Waals surface area contributed by atoms with Crippen molar-refractivity contribution in [1.82, 2.24) is 0 Å². The van der Waals surface area contributed by atoms with E-state index in [0.29, 0.717) is 0 Å². The maximum Gasteiger partial charge on any atom is 0.109 e. The van der Waals surface area contributed by atoms with Crippen LogP contribution >= 0.6 is 0 Å². The van der Waals surface area contributed by atoms with Gasteiger partial charge in [0, 0.05) is 0 Å². The summed E-state index contributed by atoms with van der Waals surface area (Å²) >= 11 is 0. The highest BCUT2D eigenvalue weighted by Gasteiger charge is 2.85. The summed E-state index contributed by atoms with van der Waals surface area (Å²) in [6.45, 7) is 34.4. The van der Waals surface area contributed by atoms with E-state index in [1.54, 1.807) is 0 Å². The third-order valence-electron chi connectivity index (χ3n) is 9.07. The summed E-state index contributed by atoms with van der Waals surface area (Å²) < 4.78 is 0. The molecule has 12 heteroatoms. The predicted octanol–water partition coefficient (Wildman–Crippen LogP) is 3.90. The minimum atomic E-state index is -3.11. The van der Waals surface area contributed by atoms with Gasteiger partial charge in [-0.15, -0.1) is 0 Å². The quantitative estimate of drug-likeness (QED) is 0.196. The first-order chi connectivity index (χ1) is 15.1. The Morgan fingerprint density at radius 3 is 0.750 bits per heavy atom. The van der Waals surface area contributed by atoms with Crippen molar-refractivity contribution < 1.29 is 30.6 Å². The van der Waals surface area contributed by atoms with Gasteiger partial charge in [-0.3, -0.25) is 0 Å². The lowest BCUT2D eigenvalue weighted by molar-refractivity contribution is -0.226. The number of hydrogen-bond donors (Lipinski definition) is 6. The van der Waals surface area contributed by atoms with E-state index < -0.39 is 80.8 Å². The van der Waals surface area contributed by atoms with Gasteiger partial charge in [0.2, 0.25) is 0 Å². The van der Waals surface area contributed by atoms with Crippen molar-refractivity contribution >= 4 is 48.4 Å². The standard InChI is InChI=1S/C24H62O6Si6/c1-31(2,3)20(26,19-25)21(27,32(4,5)6)22(28,33(7,8)9)23(29,34(10,11)12)24(30,35(13,14)15)36(16,17)18/h25-30H,19H2,1-18H3/t20-,21-,22-,23-/m1/s1. The molecule has 0 heterocycles. The topological polar surface area (TPSA) is 121 Å². The van der Waals surface area contributed by atoms with Crippen molar-refractivity contribution in [1.29, 1.82) is 0 Å². The van der Waals surface area contributed by atoms with E-state index in [2.05, 4.69) is 0 Å². The fourth-order valence-electron chi connectivity index (χ4n) is 7.26. The van der Waals surface area contributed by atoms with Crippen LogP contribution in [0.3, 0.4) is 0 Å². The summed E-state index contributed by atoms with van der Waals surface area (Å²) in [6, 6.07) is 0. The van der Waals surface area contributed by atoms with Crippen LogP contribution in [0, 0.1) is 0 Å². The lowest BCUT2D eigenvalue weighted by atomic mass is 9.98. The number of rotatable bonds is 11. The van der Waals surface area contributed by atoms with E-state index in [1.807, 2.05) is 118 Å². The van der Waals surface area contributed by atoms with Crippen LogP contribution in [0.15, 0.2) is 0 Å². The summed E-state index contributed by atoms with van der Waals surface area (Å²) in [6.07, 6.45) is 0. The van der Waals surface area contributed by atoms with Gasteiger partial charge in [0.1, 0.15) is 20.9 Å². The normalized spacial score (nSPS) is 22.3. The van der Waals surface area contributed by atoms with E-state index in [0.717, 1.165) is 0 Å². The molecule has 0 amide bonds. The van der Waals surface area contributed by atoms with Gasteiger partial charge in [-0.2, -0.15) is 0 Å². The van der Waals surface area contributed by atoms with Crippen molar-refractivity contribution in [3.05, 3.63) is 0 Å². The van der Waals surface area contributed by atoms with Gasteiger partial charge >= 0.3 is 0 Å². The number of aliphatic hydroxyl groups excluding tert-OH is 1. The van der Waals surface area contributed by atoms with Crippen LogP contribution < -0.4 is 0 Å². The van der Waals surface area contributed by atoms with Crippen LogP contribution in [0.2, 0.25) is 118 Å². The lowest BCUT2D eigenvalue weighted by Crippen LogP contribution is -3.00. The van der Waals surface area contributed by atoms with Crippen LogP contribution in [0.1, 0.15) is 0 Å². The van der Waals surface area contributed by atoms with Crippen LogP contribution in [-0.4, -0.2) is 111 Å². The summed E-state index contributed by atoms with van der Waals surface area (Å²) in [5.74, 6) is 0. The Morgan fingerprint density at radius 1 is 0.361 bits per heavy atom. The van der Waals surface area contributed by atoms with E-state index in [4.69, 9.17) is 0 Å². The van der Waals surface area contributed by atoms with Crippen molar-refractivity contribution in [3.63, 3.8) is 0 Å². The molecule has 0 aromatic carbocycles. The summed E-state index contributed by atoms with van der Waals surface area (Å²) in [4.78, 5) is -1.62. The zero-order chi connectivity index (χ0) is 30.2. The Balaban J connectivity index is 8.93. The fourth-order valence-corrected chi connectivity index (χ4v) is 39.8. The molecule has 0 aliphatic carbocycles. The van der Waals surface area contributed by atoms with Crippen molar-refractivity contribution in [2.24, 2.45) is 0 Å². The molecule has 6 N–H and O–H groups in total. The number of hydrogen-bond acceptors (Lipinski definition) is 6. The molecule has 0 aliphatic rings. The molecule has 0 radical (unpaired) electrons. The minimum Gasteiger partial charge on any atom is -0.394 e. The highest BCUT2D eigenvalue weighted by Crippen LogP contribution is 2.60. The summed E-state index contributed by atoms with van der Waals surface area (Å²) in [7, 11) is -17.4. The molecule has 0 saturated carbocycles. The Bertz CT molecular complexity index is 785. The van der Waals surface area contributed by atoms with Crippen LogP contribution in [0.4, 0.5) is 0 Å². The molecule has 0 aromatic heterocycles. The molecule has 218 valence electrons. The summed E-state index contributed by atoms with van der Waals surface area (Å²) in [5, 5.41) is 68.5. The highest BCUT2D eigenvalue weighted by atomic mass is 28.4. The zero-order valence-electron chi connectivity index (χ0n) is 26.9. The molecule has 36 heavy (non-hydrogen) atoms. The molecular weight excluding hydrogens is 553 g/mol. The second kappa shape index (κ2) is 9.57. The van der Waals surface area contributed by atoms with Crippen molar-refractivity contribution in [3.8, 4) is 0 Å². The van der Waals surface area contributed by atoms with Crippen molar-refractivity contribution in [2.75, 3.05) is 6.61 Å².